The fourth-order valence-electron chi connectivity index (χ4n) is 2.43. The Hall–Kier alpha value is -2.08. The molecule has 2 amide bonds. The first-order valence-electron chi connectivity index (χ1n) is 7.06. The summed E-state index contributed by atoms with van der Waals surface area (Å²) in [5.41, 5.74) is 0.851. The van der Waals surface area contributed by atoms with Crippen molar-refractivity contribution in [2.24, 2.45) is 0 Å². The number of aliphatic carboxylic acids is 1. The van der Waals surface area contributed by atoms with Crippen LogP contribution in [0.5, 0.6) is 0 Å². The number of carboxylic acid groups (broad SMARTS) is 1. The monoisotopic (exact) mass is 292 g/mol. The smallest absolute Gasteiger partial charge is 0.326 e. The number of carbonyl (C=O) groups excluding carboxylic acids is 1. The van der Waals surface area contributed by atoms with Gasteiger partial charge in [0.05, 0.1) is 6.10 Å². The van der Waals surface area contributed by atoms with Crippen molar-refractivity contribution < 1.29 is 19.8 Å². The number of aliphatic hydroxyl groups is 1. The van der Waals surface area contributed by atoms with E-state index in [0.29, 0.717) is 13.0 Å². The number of piperidine rings is 1. The van der Waals surface area contributed by atoms with E-state index in [9.17, 15) is 19.8 Å². The zero-order valence-corrected chi connectivity index (χ0v) is 11.7. The minimum atomic E-state index is -1.07. The molecule has 1 fully saturated rings. The number of benzene rings is 1. The topological polar surface area (TPSA) is 89.9 Å². The molecule has 0 saturated carbocycles. The second-order valence-corrected chi connectivity index (χ2v) is 5.27. The number of carboxylic acids is 1. The van der Waals surface area contributed by atoms with Crippen molar-refractivity contribution in [2.75, 3.05) is 13.1 Å². The van der Waals surface area contributed by atoms with Gasteiger partial charge in [-0.1, -0.05) is 30.3 Å². The first-order valence-corrected chi connectivity index (χ1v) is 7.06. The molecule has 2 unspecified atom stereocenters. The van der Waals surface area contributed by atoms with Gasteiger partial charge in [0.25, 0.3) is 0 Å². The predicted octanol–water partition coefficient (Wildman–Crippen LogP) is 0.849. The highest BCUT2D eigenvalue weighted by Gasteiger charge is 2.26. The molecule has 0 radical (unpaired) electrons. The molecule has 1 aliphatic rings. The van der Waals surface area contributed by atoms with Gasteiger partial charge in [-0.25, -0.2) is 9.59 Å². The summed E-state index contributed by atoms with van der Waals surface area (Å²) in [6.45, 7) is 0.796. The van der Waals surface area contributed by atoms with Gasteiger partial charge in [-0.15, -0.1) is 0 Å². The van der Waals surface area contributed by atoms with Crippen LogP contribution in [0.15, 0.2) is 30.3 Å². The van der Waals surface area contributed by atoms with Crippen molar-refractivity contribution in [3.05, 3.63) is 35.9 Å². The van der Waals surface area contributed by atoms with Gasteiger partial charge >= 0.3 is 12.0 Å². The van der Waals surface area contributed by atoms with E-state index < -0.39 is 24.1 Å². The third kappa shape index (κ3) is 4.46. The zero-order valence-electron chi connectivity index (χ0n) is 11.7. The standard InChI is InChI=1S/C15H20N2O4/c18-12-7-4-8-17(10-12)15(21)16-13(14(19)20)9-11-5-2-1-3-6-11/h1-3,5-6,12-13,18H,4,7-10H2,(H,16,21)(H,19,20). The van der Waals surface area contributed by atoms with Crippen LogP contribution in [0, 0.1) is 0 Å². The molecule has 0 bridgehead atoms. The van der Waals surface area contributed by atoms with Gasteiger partial charge in [0, 0.05) is 19.5 Å². The van der Waals surface area contributed by atoms with Gasteiger partial charge in [-0.3, -0.25) is 0 Å². The van der Waals surface area contributed by atoms with E-state index in [1.165, 1.54) is 4.90 Å². The van der Waals surface area contributed by atoms with Crippen molar-refractivity contribution in [2.45, 2.75) is 31.4 Å². The lowest BCUT2D eigenvalue weighted by atomic mass is 10.1. The molecular formula is C15H20N2O4. The van der Waals surface area contributed by atoms with E-state index in [0.717, 1.165) is 12.0 Å². The Morgan fingerprint density at radius 3 is 2.67 bits per heavy atom. The Balaban J connectivity index is 1.96. The van der Waals surface area contributed by atoms with Crippen LogP contribution in [0.4, 0.5) is 4.79 Å². The SMILES string of the molecule is O=C(O)C(Cc1ccccc1)NC(=O)N1CCCC(O)C1. The number of urea groups is 1. The molecule has 21 heavy (non-hydrogen) atoms. The summed E-state index contributed by atoms with van der Waals surface area (Å²) in [4.78, 5) is 24.9. The van der Waals surface area contributed by atoms with Crippen LogP contribution in [0.2, 0.25) is 0 Å². The van der Waals surface area contributed by atoms with E-state index in [2.05, 4.69) is 5.32 Å². The summed E-state index contributed by atoms with van der Waals surface area (Å²) >= 11 is 0. The molecule has 3 N–H and O–H groups in total. The molecule has 2 rings (SSSR count). The Kier molecular flexibility index (Phi) is 5.16. The van der Waals surface area contributed by atoms with E-state index in [4.69, 9.17) is 0 Å². The summed E-state index contributed by atoms with van der Waals surface area (Å²) in [7, 11) is 0. The van der Waals surface area contributed by atoms with Crippen molar-refractivity contribution >= 4 is 12.0 Å². The van der Waals surface area contributed by atoms with Crippen molar-refractivity contribution in [3.63, 3.8) is 0 Å². The van der Waals surface area contributed by atoms with Crippen LogP contribution < -0.4 is 5.32 Å². The molecule has 1 aliphatic heterocycles. The molecule has 1 heterocycles. The van der Waals surface area contributed by atoms with Crippen LogP contribution >= 0.6 is 0 Å². The maximum atomic E-state index is 12.1. The molecule has 1 aromatic carbocycles. The van der Waals surface area contributed by atoms with Crippen LogP contribution in [-0.2, 0) is 11.2 Å². The summed E-state index contributed by atoms with van der Waals surface area (Å²) in [5.74, 6) is -1.07. The normalized spacial score (nSPS) is 19.9. The average Bonchev–Trinajstić information content (AvgIpc) is 2.47. The summed E-state index contributed by atoms with van der Waals surface area (Å²) in [6.07, 6.45) is 1.11. The van der Waals surface area contributed by atoms with Gasteiger partial charge < -0.3 is 20.4 Å². The quantitative estimate of drug-likeness (QED) is 0.767. The van der Waals surface area contributed by atoms with Gasteiger partial charge in [0.1, 0.15) is 6.04 Å². The molecule has 0 aromatic heterocycles. The van der Waals surface area contributed by atoms with Gasteiger partial charge in [0.15, 0.2) is 0 Å². The Morgan fingerprint density at radius 2 is 2.05 bits per heavy atom. The molecule has 2 atom stereocenters. The Labute approximate surface area is 123 Å². The third-order valence-electron chi connectivity index (χ3n) is 3.56. The number of nitrogens with zero attached hydrogens (tertiary/aromatic N) is 1. The lowest BCUT2D eigenvalue weighted by Gasteiger charge is -2.31. The molecule has 1 saturated heterocycles. The molecule has 1 aromatic rings. The van der Waals surface area contributed by atoms with Crippen molar-refractivity contribution in [3.8, 4) is 0 Å². The number of likely N-dealkylation sites (tertiary alicyclic amines) is 1. The number of β-amino-alcohol motifs (C(OH)–C–C–N with tert-alkyl or cyclic N) is 1. The lowest BCUT2D eigenvalue weighted by Crippen LogP contribution is -2.52. The Bertz CT molecular complexity index is 492. The van der Waals surface area contributed by atoms with E-state index in [-0.39, 0.29) is 13.0 Å². The number of aliphatic hydroxyl groups excluding tert-OH is 1. The number of rotatable bonds is 4. The van der Waals surface area contributed by atoms with Crippen molar-refractivity contribution in [1.29, 1.82) is 0 Å². The van der Waals surface area contributed by atoms with Gasteiger partial charge in [-0.05, 0) is 18.4 Å². The summed E-state index contributed by atoms with van der Waals surface area (Å²) in [6, 6.07) is 7.76. The molecular weight excluding hydrogens is 272 g/mol. The van der Waals surface area contributed by atoms with E-state index in [1.54, 1.807) is 0 Å². The van der Waals surface area contributed by atoms with Gasteiger partial charge in [0.2, 0.25) is 0 Å². The van der Waals surface area contributed by atoms with Crippen molar-refractivity contribution in [1.82, 2.24) is 10.2 Å². The highest BCUT2D eigenvalue weighted by atomic mass is 16.4. The number of hydrogen-bond acceptors (Lipinski definition) is 3. The number of amides is 2. The van der Waals surface area contributed by atoms with Crippen LogP contribution in [-0.4, -0.2) is 52.3 Å². The molecule has 6 heteroatoms. The molecule has 0 aliphatic carbocycles. The highest BCUT2D eigenvalue weighted by molar-refractivity contribution is 5.82. The van der Waals surface area contributed by atoms with E-state index in [1.807, 2.05) is 30.3 Å². The second-order valence-electron chi connectivity index (χ2n) is 5.27. The fraction of sp³-hybridized carbons (Fsp3) is 0.467. The maximum Gasteiger partial charge on any atom is 0.326 e. The second kappa shape index (κ2) is 7.08. The third-order valence-corrected chi connectivity index (χ3v) is 3.56. The van der Waals surface area contributed by atoms with Crippen LogP contribution in [0.3, 0.4) is 0 Å². The van der Waals surface area contributed by atoms with Crippen LogP contribution in [0.25, 0.3) is 0 Å². The first-order chi connectivity index (χ1) is 10.1. The lowest BCUT2D eigenvalue weighted by molar-refractivity contribution is -0.139. The average molecular weight is 292 g/mol. The predicted molar refractivity (Wildman–Crippen MR) is 76.9 cm³/mol. The minimum absolute atomic E-state index is 0.234. The number of carbonyl (C=O) groups is 2. The number of hydrogen-bond donors (Lipinski definition) is 3. The largest absolute Gasteiger partial charge is 0.480 e. The highest BCUT2D eigenvalue weighted by Crippen LogP contribution is 2.10. The maximum absolute atomic E-state index is 12.1. The summed E-state index contributed by atoms with van der Waals surface area (Å²) in [5, 5.41) is 21.4. The Morgan fingerprint density at radius 1 is 1.33 bits per heavy atom. The first kappa shape index (κ1) is 15.3. The molecule has 0 spiro atoms. The molecule has 6 nitrogen and oxygen atoms in total. The van der Waals surface area contributed by atoms with E-state index >= 15 is 0 Å². The van der Waals surface area contributed by atoms with Crippen LogP contribution in [0.1, 0.15) is 18.4 Å². The fourth-order valence-corrected chi connectivity index (χ4v) is 2.43. The van der Waals surface area contributed by atoms with Gasteiger partial charge in [-0.2, -0.15) is 0 Å². The molecule has 114 valence electrons. The zero-order chi connectivity index (χ0) is 15.2. The summed E-state index contributed by atoms with van der Waals surface area (Å²) < 4.78 is 0. The minimum Gasteiger partial charge on any atom is -0.480 e. The number of nitrogens with one attached hydrogen (secondary N) is 1.